The number of ether oxygens (including phenoxy) is 2. The van der Waals surface area contributed by atoms with Gasteiger partial charge in [-0.2, -0.15) is 18.4 Å². The molecule has 0 radical (unpaired) electrons. The largest absolute Gasteiger partial charge is 0.494 e. The van der Waals surface area contributed by atoms with Gasteiger partial charge in [0.05, 0.1) is 52.3 Å². The normalized spacial score (nSPS) is 17.6. The minimum absolute atomic E-state index is 0.0373. The highest BCUT2D eigenvalue weighted by molar-refractivity contribution is 7.81. The second-order valence-corrected chi connectivity index (χ2v) is 20.8. The van der Waals surface area contributed by atoms with Crippen LogP contribution in [0.15, 0.2) is 90.6 Å². The number of unbranched alkanes of at least 4 members (excludes halogenated alkanes) is 1. The van der Waals surface area contributed by atoms with Crippen LogP contribution >= 0.6 is 23.6 Å². The number of amides is 4. The predicted molar refractivity (Wildman–Crippen MR) is 274 cm³/mol. The van der Waals surface area contributed by atoms with E-state index in [9.17, 15) is 42.7 Å². The quantitative estimate of drug-likeness (QED) is 0.0596. The number of nitrogens with one attached hydrogen (secondary N) is 2. The van der Waals surface area contributed by atoms with Crippen molar-refractivity contribution in [3.8, 4) is 33.4 Å². The molecule has 2 aliphatic heterocycles. The number of thiocarbonyl (C=S) groups is 1. The molecule has 4 atom stereocenters. The molecule has 0 unspecified atom stereocenters. The van der Waals surface area contributed by atoms with Crippen LogP contribution in [0.3, 0.4) is 0 Å². The summed E-state index contributed by atoms with van der Waals surface area (Å²) in [7, 11) is 0. The van der Waals surface area contributed by atoms with Crippen LogP contribution < -0.4 is 25.2 Å². The van der Waals surface area contributed by atoms with Crippen LogP contribution in [0.4, 0.5) is 24.5 Å². The number of carbonyl (C=O) groups excluding carboxylic acids is 4. The van der Waals surface area contributed by atoms with Crippen LogP contribution in [-0.4, -0.2) is 98.8 Å². The third-order valence-corrected chi connectivity index (χ3v) is 14.1. The third kappa shape index (κ3) is 12.2. The molecule has 384 valence electrons. The van der Waals surface area contributed by atoms with Gasteiger partial charge in [0.1, 0.15) is 36.0 Å². The van der Waals surface area contributed by atoms with Crippen molar-refractivity contribution in [2.24, 2.45) is 5.41 Å². The van der Waals surface area contributed by atoms with Gasteiger partial charge < -0.3 is 35.0 Å². The number of rotatable bonds is 17. The molecule has 4 amide bonds. The second-order valence-electron chi connectivity index (χ2n) is 19.6. The number of nitriles is 1. The van der Waals surface area contributed by atoms with Gasteiger partial charge in [0.2, 0.25) is 17.7 Å². The van der Waals surface area contributed by atoms with E-state index in [4.69, 9.17) is 21.7 Å². The van der Waals surface area contributed by atoms with Crippen molar-refractivity contribution in [2.45, 2.75) is 104 Å². The van der Waals surface area contributed by atoms with Gasteiger partial charge in [0.15, 0.2) is 10.8 Å². The number of anilines is 2. The average Bonchev–Trinajstić information content (AvgIpc) is 4.01. The zero-order chi connectivity index (χ0) is 53.0. The lowest BCUT2D eigenvalue weighted by molar-refractivity contribution is -0.144. The molecular formula is C53H57F3N8O7S2. The van der Waals surface area contributed by atoms with Gasteiger partial charge in [-0.15, -0.1) is 11.3 Å². The number of nitrogens with zero attached hydrogens (tertiary/aromatic N) is 6. The number of aliphatic hydroxyl groups is 1. The molecule has 2 fully saturated rings. The molecule has 2 aromatic heterocycles. The van der Waals surface area contributed by atoms with Crippen LogP contribution in [-0.2, 0) is 30.1 Å². The van der Waals surface area contributed by atoms with Crippen molar-refractivity contribution in [1.82, 2.24) is 25.5 Å². The van der Waals surface area contributed by atoms with Crippen molar-refractivity contribution in [2.75, 3.05) is 36.2 Å². The lowest BCUT2D eigenvalue weighted by Gasteiger charge is -2.35. The summed E-state index contributed by atoms with van der Waals surface area (Å²) in [5.41, 5.74) is 2.68. The molecule has 5 aromatic rings. The molecule has 0 saturated carbocycles. The highest BCUT2D eigenvalue weighted by Gasteiger charge is 2.51. The van der Waals surface area contributed by atoms with Crippen LogP contribution in [0, 0.1) is 23.7 Å². The fraction of sp³-hybridized carbons (Fsp3) is 0.396. The number of aryl methyl sites for hydroxylation is 1. The van der Waals surface area contributed by atoms with E-state index in [1.54, 1.807) is 47.7 Å². The van der Waals surface area contributed by atoms with Gasteiger partial charge in [-0.05, 0) is 111 Å². The Hall–Kier alpha value is -6.79. The summed E-state index contributed by atoms with van der Waals surface area (Å²) < 4.78 is 52.8. The Morgan fingerprint density at radius 3 is 2.18 bits per heavy atom. The number of carbonyl (C=O) groups is 4. The van der Waals surface area contributed by atoms with Gasteiger partial charge in [0.25, 0.3) is 5.91 Å². The number of pyridine rings is 1. The van der Waals surface area contributed by atoms with E-state index in [1.165, 1.54) is 11.0 Å². The van der Waals surface area contributed by atoms with Crippen molar-refractivity contribution >= 4 is 63.7 Å². The van der Waals surface area contributed by atoms with E-state index in [2.05, 4.69) is 20.6 Å². The van der Waals surface area contributed by atoms with Crippen molar-refractivity contribution < 1.29 is 46.9 Å². The number of halogens is 3. The Bertz CT molecular complexity index is 2880. The van der Waals surface area contributed by atoms with E-state index >= 15 is 0 Å². The molecule has 20 heteroatoms. The van der Waals surface area contributed by atoms with Gasteiger partial charge in [-0.25, -0.2) is 9.97 Å². The minimum atomic E-state index is -4.87. The fourth-order valence-corrected chi connectivity index (χ4v) is 10.1. The molecule has 0 spiro atoms. The van der Waals surface area contributed by atoms with Gasteiger partial charge in [-0.1, -0.05) is 69.3 Å². The SMILES string of the molecule is Cc1ncsc1-c1ccc([C@H](C)NC(=O)[C@@H]2C[C@@H](O)CN2C(=O)[C@@H](NC(=O)COCCCCOc2ccc(-c3ccc(N4C(=S)N(c5cnc(C#N)c(C(F)(F)F)c5)C(=O)C4(C)C)cc3)cc2)C(C)(C)C)cc1. The monoisotopic (exact) mass is 1040 g/mol. The molecule has 4 heterocycles. The first-order chi connectivity index (χ1) is 34.5. The zero-order valence-corrected chi connectivity index (χ0v) is 43.1. The Balaban J connectivity index is 0.847. The summed E-state index contributed by atoms with van der Waals surface area (Å²) in [5, 5.41) is 25.6. The van der Waals surface area contributed by atoms with E-state index < -0.39 is 70.2 Å². The maximum absolute atomic E-state index is 14.1. The molecule has 2 saturated heterocycles. The van der Waals surface area contributed by atoms with Gasteiger partial charge >= 0.3 is 6.18 Å². The Kier molecular flexibility index (Phi) is 16.4. The zero-order valence-electron chi connectivity index (χ0n) is 41.4. The number of alkyl halides is 3. The number of β-amino-alcohol motifs (C(OH)–C–C–N with tert-alkyl or cyclic N) is 1. The summed E-state index contributed by atoms with van der Waals surface area (Å²) in [6, 6.07) is 22.4. The lowest BCUT2D eigenvalue weighted by Crippen LogP contribution is -2.58. The number of thiazole rings is 1. The first-order valence-electron chi connectivity index (χ1n) is 23.7. The number of aromatic nitrogens is 2. The molecular weight excluding hydrogens is 982 g/mol. The highest BCUT2D eigenvalue weighted by Crippen LogP contribution is 2.40. The number of benzene rings is 3. The molecule has 3 N–H and O–H groups in total. The Morgan fingerprint density at radius 1 is 0.945 bits per heavy atom. The first kappa shape index (κ1) is 54.0. The van der Waals surface area contributed by atoms with Crippen molar-refractivity contribution in [1.29, 1.82) is 5.26 Å². The summed E-state index contributed by atoms with van der Waals surface area (Å²) >= 11 is 7.21. The summed E-state index contributed by atoms with van der Waals surface area (Å²) in [6.07, 6.45) is -3.45. The molecule has 3 aromatic carbocycles. The minimum Gasteiger partial charge on any atom is -0.494 e. The lowest BCUT2D eigenvalue weighted by atomic mass is 9.85. The number of hydrogen-bond acceptors (Lipinski definition) is 12. The smallest absolute Gasteiger partial charge is 0.419 e. The molecule has 73 heavy (non-hydrogen) atoms. The molecule has 0 aliphatic carbocycles. The second kappa shape index (κ2) is 22.1. The molecule has 15 nitrogen and oxygen atoms in total. The first-order valence-corrected chi connectivity index (χ1v) is 24.9. The van der Waals surface area contributed by atoms with E-state index in [-0.39, 0.29) is 43.0 Å². The fourth-order valence-electron chi connectivity index (χ4n) is 8.76. The van der Waals surface area contributed by atoms with E-state index in [0.717, 1.165) is 43.9 Å². The predicted octanol–water partition coefficient (Wildman–Crippen LogP) is 8.53. The summed E-state index contributed by atoms with van der Waals surface area (Å²) in [6.45, 7) is 12.8. The summed E-state index contributed by atoms with van der Waals surface area (Å²) in [5.74, 6) is -1.26. The van der Waals surface area contributed by atoms with Crippen molar-refractivity contribution in [3.63, 3.8) is 0 Å². The van der Waals surface area contributed by atoms with Gasteiger partial charge in [-0.3, -0.25) is 24.1 Å². The maximum atomic E-state index is 14.1. The topological polar surface area (TPSA) is 190 Å². The maximum Gasteiger partial charge on any atom is 0.419 e. The van der Waals surface area contributed by atoms with Crippen LogP contribution in [0.2, 0.25) is 0 Å². The highest BCUT2D eigenvalue weighted by atomic mass is 32.1. The third-order valence-electron chi connectivity index (χ3n) is 12.8. The van der Waals surface area contributed by atoms with Crippen LogP contribution in [0.5, 0.6) is 5.75 Å². The van der Waals surface area contributed by atoms with Gasteiger partial charge in [0, 0.05) is 25.3 Å². The van der Waals surface area contributed by atoms with Crippen molar-refractivity contribution in [3.05, 3.63) is 113 Å². The number of likely N-dealkylation sites (tertiary alicyclic amines) is 1. The van der Waals surface area contributed by atoms with E-state index in [0.29, 0.717) is 37.0 Å². The number of aliphatic hydroxyl groups excluding tert-OH is 1. The molecule has 0 bridgehead atoms. The molecule has 2 aliphatic rings. The van der Waals surface area contributed by atoms with E-state index in [1.807, 2.05) is 95.3 Å². The Morgan fingerprint density at radius 2 is 1.58 bits per heavy atom. The standard InChI is InChI=1S/C53H57F3N8O7S2/c1-31(33-10-12-36(13-11-33)45-32(2)59-30-73-45)60-47(67)43-25-39(65)28-62(43)48(68)46(51(3,4)5)61-44(66)29-70-22-8-9-23-71-40-20-16-35(17-21-40)34-14-18-37(19-15-34)64-50(72)63(49(69)52(64,6)7)38-24-41(53(54,55)56)42(26-57)58-27-38/h10-21,24,27,30-31,39,43,46,65H,8-9,22-23,25,28-29H2,1-7H3,(H,60,67)(H,61,66)/t31-,39+,43-,46+/m0/s1. The van der Waals surface area contributed by atoms with Crippen LogP contribution in [0.25, 0.3) is 21.6 Å². The summed E-state index contributed by atoms with van der Waals surface area (Å²) in [4.78, 5) is 67.5. The van der Waals surface area contributed by atoms with Crippen LogP contribution in [0.1, 0.15) is 89.4 Å². The molecule has 7 rings (SSSR count). The number of hydrogen-bond donors (Lipinski definition) is 3. The Labute approximate surface area is 431 Å². The average molecular weight is 1040 g/mol.